The number of rotatable bonds is 8. The van der Waals surface area contributed by atoms with E-state index in [2.05, 4.69) is 12.2 Å². The summed E-state index contributed by atoms with van der Waals surface area (Å²) in [6.07, 6.45) is 6.15. The largest absolute Gasteiger partial charge is 0.444 e. The molecular formula is C18H29NO2S. The highest BCUT2D eigenvalue weighted by Gasteiger charge is 2.15. The lowest BCUT2D eigenvalue weighted by molar-refractivity contribution is 0.0636. The van der Waals surface area contributed by atoms with Gasteiger partial charge in [-0.1, -0.05) is 32.6 Å². The fourth-order valence-corrected chi connectivity index (χ4v) is 2.86. The lowest BCUT2D eigenvalue weighted by Crippen LogP contribution is -2.27. The minimum Gasteiger partial charge on any atom is -0.444 e. The van der Waals surface area contributed by atoms with E-state index < -0.39 is 11.7 Å². The Labute approximate surface area is 139 Å². The van der Waals surface area contributed by atoms with E-state index in [-0.39, 0.29) is 0 Å². The third kappa shape index (κ3) is 8.98. The van der Waals surface area contributed by atoms with Crippen molar-refractivity contribution in [3.05, 3.63) is 24.3 Å². The number of carbonyl (C=O) groups is 1. The molecule has 1 rings (SSSR count). The smallest absolute Gasteiger partial charge is 0.412 e. The minimum absolute atomic E-state index is 0.413. The van der Waals surface area contributed by atoms with E-state index in [9.17, 15) is 4.79 Å². The van der Waals surface area contributed by atoms with Crippen LogP contribution in [0.3, 0.4) is 0 Å². The van der Waals surface area contributed by atoms with E-state index in [1.54, 1.807) is 0 Å². The number of hydrogen-bond acceptors (Lipinski definition) is 3. The summed E-state index contributed by atoms with van der Waals surface area (Å²) in [6.45, 7) is 7.80. The Morgan fingerprint density at radius 2 is 1.73 bits per heavy atom. The highest BCUT2D eigenvalue weighted by molar-refractivity contribution is 7.99. The van der Waals surface area contributed by atoms with Crippen LogP contribution in [-0.2, 0) is 4.74 Å². The first-order chi connectivity index (χ1) is 10.4. The van der Waals surface area contributed by atoms with Gasteiger partial charge in [-0.25, -0.2) is 4.79 Å². The molecule has 0 saturated heterocycles. The maximum Gasteiger partial charge on any atom is 0.412 e. The van der Waals surface area contributed by atoms with E-state index in [0.29, 0.717) is 0 Å². The highest BCUT2D eigenvalue weighted by atomic mass is 32.2. The van der Waals surface area contributed by atoms with Gasteiger partial charge in [0.05, 0.1) is 0 Å². The molecular weight excluding hydrogens is 294 g/mol. The van der Waals surface area contributed by atoms with E-state index in [1.165, 1.54) is 37.0 Å². The number of thioether (sulfide) groups is 1. The molecule has 4 heteroatoms. The first-order valence-electron chi connectivity index (χ1n) is 8.13. The summed E-state index contributed by atoms with van der Waals surface area (Å²) in [6, 6.07) is 7.93. The van der Waals surface area contributed by atoms with Gasteiger partial charge in [-0.05, 0) is 57.2 Å². The zero-order valence-electron chi connectivity index (χ0n) is 14.3. The van der Waals surface area contributed by atoms with E-state index in [4.69, 9.17) is 4.74 Å². The van der Waals surface area contributed by atoms with Crippen LogP contribution in [-0.4, -0.2) is 17.4 Å². The Bertz CT molecular complexity index is 437. The van der Waals surface area contributed by atoms with Crippen LogP contribution in [0.5, 0.6) is 0 Å². The molecule has 0 atom stereocenters. The normalized spacial score (nSPS) is 11.3. The molecule has 0 unspecified atom stereocenters. The molecule has 1 aromatic rings. The summed E-state index contributed by atoms with van der Waals surface area (Å²) in [5, 5.41) is 2.75. The van der Waals surface area contributed by atoms with Crippen molar-refractivity contribution >= 4 is 23.5 Å². The van der Waals surface area contributed by atoms with E-state index in [1.807, 2.05) is 56.8 Å². The molecule has 0 bridgehead atoms. The van der Waals surface area contributed by atoms with Crippen LogP contribution in [0.15, 0.2) is 29.2 Å². The maximum atomic E-state index is 11.7. The third-order valence-electron chi connectivity index (χ3n) is 3.02. The fourth-order valence-electron chi connectivity index (χ4n) is 1.95. The zero-order chi connectivity index (χ0) is 16.4. The topological polar surface area (TPSA) is 38.3 Å². The number of ether oxygens (including phenoxy) is 1. The van der Waals surface area contributed by atoms with Crippen LogP contribution >= 0.6 is 11.8 Å². The number of anilines is 1. The lowest BCUT2D eigenvalue weighted by atomic mass is 10.2. The molecule has 0 aliphatic carbocycles. The van der Waals surface area contributed by atoms with Gasteiger partial charge in [0.25, 0.3) is 0 Å². The molecule has 124 valence electrons. The summed E-state index contributed by atoms with van der Waals surface area (Å²) < 4.78 is 5.23. The quantitative estimate of drug-likeness (QED) is 0.464. The molecule has 0 saturated carbocycles. The second-order valence-corrected chi connectivity index (χ2v) is 7.58. The standard InChI is InChI=1S/C18H29NO2S/c1-5-6-7-8-9-14-22-16-12-10-15(11-13-16)19-17(20)21-18(2,3)4/h10-13H,5-9,14H2,1-4H3,(H,19,20). The summed E-state index contributed by atoms with van der Waals surface area (Å²) in [5.41, 5.74) is 0.291. The van der Waals surface area contributed by atoms with Gasteiger partial charge in [-0.2, -0.15) is 0 Å². The first-order valence-corrected chi connectivity index (χ1v) is 9.12. The molecule has 22 heavy (non-hydrogen) atoms. The first kappa shape index (κ1) is 18.9. The predicted molar refractivity (Wildman–Crippen MR) is 95.8 cm³/mol. The second kappa shape index (κ2) is 9.78. The van der Waals surface area contributed by atoms with Crippen LogP contribution in [0.25, 0.3) is 0 Å². The van der Waals surface area contributed by atoms with Crippen molar-refractivity contribution in [2.24, 2.45) is 0 Å². The Morgan fingerprint density at radius 3 is 2.32 bits per heavy atom. The number of hydrogen-bond donors (Lipinski definition) is 1. The number of benzene rings is 1. The molecule has 0 aliphatic rings. The lowest BCUT2D eigenvalue weighted by Gasteiger charge is -2.19. The molecule has 0 heterocycles. The summed E-state index contributed by atoms with van der Waals surface area (Å²) in [7, 11) is 0. The monoisotopic (exact) mass is 323 g/mol. The third-order valence-corrected chi connectivity index (χ3v) is 4.11. The van der Waals surface area contributed by atoms with Gasteiger partial charge in [0.1, 0.15) is 5.60 Å². The number of nitrogens with one attached hydrogen (secondary N) is 1. The number of carbonyl (C=O) groups excluding carboxylic acids is 1. The summed E-state index contributed by atoms with van der Waals surface area (Å²) in [4.78, 5) is 12.9. The van der Waals surface area contributed by atoms with Crippen LogP contribution in [0, 0.1) is 0 Å². The SMILES string of the molecule is CCCCCCCSc1ccc(NC(=O)OC(C)(C)C)cc1. The van der Waals surface area contributed by atoms with Crippen LogP contribution in [0.2, 0.25) is 0 Å². The minimum atomic E-state index is -0.475. The van der Waals surface area contributed by atoms with Gasteiger partial charge in [-0.3, -0.25) is 5.32 Å². The number of amides is 1. The Balaban J connectivity index is 2.29. The van der Waals surface area contributed by atoms with Crippen molar-refractivity contribution in [2.45, 2.75) is 70.3 Å². The van der Waals surface area contributed by atoms with Crippen LogP contribution in [0.1, 0.15) is 59.8 Å². The van der Waals surface area contributed by atoms with Gasteiger partial charge >= 0.3 is 6.09 Å². The Kier molecular flexibility index (Phi) is 8.39. The van der Waals surface area contributed by atoms with Gasteiger partial charge in [0.15, 0.2) is 0 Å². The van der Waals surface area contributed by atoms with Gasteiger partial charge < -0.3 is 4.74 Å². The average Bonchev–Trinajstić information content (AvgIpc) is 2.42. The van der Waals surface area contributed by atoms with E-state index >= 15 is 0 Å². The van der Waals surface area contributed by atoms with Gasteiger partial charge in [0.2, 0.25) is 0 Å². The predicted octanol–water partition coefficient (Wildman–Crippen LogP) is 6.10. The maximum absolute atomic E-state index is 11.7. The average molecular weight is 324 g/mol. The molecule has 1 aromatic carbocycles. The highest BCUT2D eigenvalue weighted by Crippen LogP contribution is 2.22. The second-order valence-electron chi connectivity index (χ2n) is 6.41. The van der Waals surface area contributed by atoms with Crippen molar-refractivity contribution in [1.82, 2.24) is 0 Å². The molecule has 0 fully saturated rings. The van der Waals surface area contributed by atoms with Crippen molar-refractivity contribution < 1.29 is 9.53 Å². The molecule has 1 amide bonds. The molecule has 0 aromatic heterocycles. The number of unbranched alkanes of at least 4 members (excludes halogenated alkanes) is 4. The molecule has 1 N–H and O–H groups in total. The summed E-state index contributed by atoms with van der Waals surface area (Å²) >= 11 is 1.87. The Morgan fingerprint density at radius 1 is 1.09 bits per heavy atom. The molecule has 3 nitrogen and oxygen atoms in total. The van der Waals surface area contributed by atoms with Crippen molar-refractivity contribution in [1.29, 1.82) is 0 Å². The van der Waals surface area contributed by atoms with Crippen molar-refractivity contribution in [3.8, 4) is 0 Å². The summed E-state index contributed by atoms with van der Waals surface area (Å²) in [5.74, 6) is 1.16. The van der Waals surface area contributed by atoms with Gasteiger partial charge in [0, 0.05) is 10.6 Å². The zero-order valence-corrected chi connectivity index (χ0v) is 15.1. The molecule has 0 radical (unpaired) electrons. The molecule has 0 spiro atoms. The van der Waals surface area contributed by atoms with Gasteiger partial charge in [-0.15, -0.1) is 11.8 Å². The van der Waals surface area contributed by atoms with E-state index in [0.717, 1.165) is 11.4 Å². The Hall–Kier alpha value is -1.16. The van der Waals surface area contributed by atoms with Crippen molar-refractivity contribution in [2.75, 3.05) is 11.1 Å². The molecule has 0 aliphatic heterocycles. The fraction of sp³-hybridized carbons (Fsp3) is 0.611. The van der Waals surface area contributed by atoms with Crippen molar-refractivity contribution in [3.63, 3.8) is 0 Å². The van der Waals surface area contributed by atoms with Crippen LogP contribution in [0.4, 0.5) is 10.5 Å². The van der Waals surface area contributed by atoms with Crippen LogP contribution < -0.4 is 5.32 Å².